The minimum absolute atomic E-state index is 0.105. The maximum Gasteiger partial charge on any atom is 0.324 e. The Morgan fingerprint density at radius 1 is 1.37 bits per heavy atom. The minimum Gasteiger partial charge on any atom is -0.325 e. The first kappa shape index (κ1) is 13.9. The summed E-state index contributed by atoms with van der Waals surface area (Å²) >= 11 is 0. The summed E-state index contributed by atoms with van der Waals surface area (Å²) in [6.45, 7) is 9.19. The molecule has 0 radical (unpaired) electrons. The Hall–Kier alpha value is -1.55. The van der Waals surface area contributed by atoms with Crippen LogP contribution in [-0.4, -0.2) is 36.6 Å². The molecule has 19 heavy (non-hydrogen) atoms. The third-order valence-electron chi connectivity index (χ3n) is 3.64. The zero-order chi connectivity index (χ0) is 13.8. The van der Waals surface area contributed by atoms with Crippen LogP contribution in [0.5, 0.6) is 0 Å². The van der Waals surface area contributed by atoms with E-state index in [0.717, 1.165) is 25.3 Å². The Kier molecular flexibility index (Phi) is 4.43. The van der Waals surface area contributed by atoms with Gasteiger partial charge in [0.25, 0.3) is 0 Å². The molecule has 0 fully saturated rings. The summed E-state index contributed by atoms with van der Waals surface area (Å²) in [5.74, 6) is 0. The number of benzene rings is 1. The van der Waals surface area contributed by atoms with E-state index in [1.165, 1.54) is 5.56 Å². The van der Waals surface area contributed by atoms with Gasteiger partial charge in [-0.1, -0.05) is 18.2 Å². The van der Waals surface area contributed by atoms with Crippen molar-refractivity contribution in [2.45, 2.75) is 33.4 Å². The Bertz CT molecular complexity index is 443. The summed E-state index contributed by atoms with van der Waals surface area (Å²) in [5.41, 5.74) is 2.23. The van der Waals surface area contributed by atoms with E-state index in [2.05, 4.69) is 18.3 Å². The molecule has 2 rings (SSSR count). The first-order valence-electron chi connectivity index (χ1n) is 7.05. The maximum atomic E-state index is 12.6. The van der Waals surface area contributed by atoms with Crippen molar-refractivity contribution >= 4 is 11.7 Å². The Morgan fingerprint density at radius 2 is 2.05 bits per heavy atom. The van der Waals surface area contributed by atoms with Gasteiger partial charge in [0.2, 0.25) is 0 Å². The van der Waals surface area contributed by atoms with E-state index in [9.17, 15) is 4.79 Å². The van der Waals surface area contributed by atoms with Crippen LogP contribution < -0.4 is 10.2 Å². The molecule has 0 spiro atoms. The second kappa shape index (κ2) is 6.06. The van der Waals surface area contributed by atoms with Crippen molar-refractivity contribution in [2.24, 2.45) is 0 Å². The van der Waals surface area contributed by atoms with Gasteiger partial charge in [0.05, 0.1) is 0 Å². The fourth-order valence-electron chi connectivity index (χ4n) is 2.49. The molecular formula is C15H23N3O. The number of hydrogen-bond acceptors (Lipinski definition) is 2. The summed E-state index contributed by atoms with van der Waals surface area (Å²) in [6, 6.07) is 8.55. The van der Waals surface area contributed by atoms with E-state index < -0.39 is 0 Å². The molecule has 0 saturated carbocycles. The van der Waals surface area contributed by atoms with Crippen LogP contribution in [-0.2, 0) is 6.54 Å². The van der Waals surface area contributed by atoms with Crippen LogP contribution in [0.2, 0.25) is 0 Å². The topological polar surface area (TPSA) is 35.6 Å². The Morgan fingerprint density at radius 3 is 2.74 bits per heavy atom. The van der Waals surface area contributed by atoms with Gasteiger partial charge in [0.15, 0.2) is 0 Å². The predicted octanol–water partition coefficient (Wildman–Crippen LogP) is 2.45. The number of fused-ring (bicyclic) bond motifs is 1. The second-order valence-corrected chi connectivity index (χ2v) is 4.98. The Labute approximate surface area is 115 Å². The number of hydrogen-bond donors (Lipinski definition) is 1. The number of carbonyl (C=O) groups is 1. The molecule has 1 heterocycles. The number of rotatable bonds is 2. The lowest BCUT2D eigenvalue weighted by Crippen LogP contribution is -2.47. The fraction of sp³-hybridized carbons (Fsp3) is 0.533. The molecule has 4 heteroatoms. The van der Waals surface area contributed by atoms with E-state index in [4.69, 9.17) is 0 Å². The first-order valence-corrected chi connectivity index (χ1v) is 7.05. The van der Waals surface area contributed by atoms with E-state index in [1.54, 1.807) is 0 Å². The molecule has 104 valence electrons. The number of carbonyl (C=O) groups excluding carboxylic acids is 1. The standard InChI is InChI=1S/C15H23N3O/c1-4-17(5-2)15(19)18-11-12(3)16-10-13-8-6-7-9-14(13)18/h6-9,12,16H,4-5,10-11H2,1-3H3. The summed E-state index contributed by atoms with van der Waals surface area (Å²) in [7, 11) is 0. The van der Waals surface area contributed by atoms with Gasteiger partial charge in [-0.3, -0.25) is 4.90 Å². The molecule has 1 aliphatic rings. The van der Waals surface area contributed by atoms with Gasteiger partial charge in [0, 0.05) is 37.9 Å². The quantitative estimate of drug-likeness (QED) is 0.887. The lowest BCUT2D eigenvalue weighted by Gasteiger charge is -2.30. The molecule has 2 amide bonds. The summed E-state index contributed by atoms with van der Waals surface area (Å²) in [5, 5.41) is 3.45. The zero-order valence-electron chi connectivity index (χ0n) is 12.0. The van der Waals surface area contributed by atoms with Crippen LogP contribution in [0.4, 0.5) is 10.5 Å². The van der Waals surface area contributed by atoms with Gasteiger partial charge >= 0.3 is 6.03 Å². The van der Waals surface area contributed by atoms with Crippen molar-refractivity contribution in [2.75, 3.05) is 24.5 Å². The van der Waals surface area contributed by atoms with Crippen molar-refractivity contribution < 1.29 is 4.79 Å². The molecule has 0 aliphatic carbocycles. The van der Waals surface area contributed by atoms with Gasteiger partial charge in [0.1, 0.15) is 0 Å². The van der Waals surface area contributed by atoms with Crippen molar-refractivity contribution in [3.63, 3.8) is 0 Å². The maximum absolute atomic E-state index is 12.6. The average molecular weight is 261 g/mol. The smallest absolute Gasteiger partial charge is 0.324 e. The van der Waals surface area contributed by atoms with Crippen molar-refractivity contribution in [1.82, 2.24) is 10.2 Å². The van der Waals surface area contributed by atoms with Crippen LogP contribution in [0, 0.1) is 0 Å². The fourth-order valence-corrected chi connectivity index (χ4v) is 2.49. The molecule has 0 aromatic heterocycles. The highest BCUT2D eigenvalue weighted by molar-refractivity contribution is 5.93. The van der Waals surface area contributed by atoms with E-state index in [1.807, 2.05) is 41.8 Å². The van der Waals surface area contributed by atoms with Gasteiger partial charge in [-0.25, -0.2) is 4.79 Å². The number of nitrogens with one attached hydrogen (secondary N) is 1. The van der Waals surface area contributed by atoms with Crippen LogP contribution in [0.15, 0.2) is 24.3 Å². The third-order valence-corrected chi connectivity index (χ3v) is 3.64. The van der Waals surface area contributed by atoms with Crippen LogP contribution >= 0.6 is 0 Å². The highest BCUT2D eigenvalue weighted by Crippen LogP contribution is 2.24. The number of urea groups is 1. The molecule has 1 atom stereocenters. The molecule has 1 unspecified atom stereocenters. The summed E-state index contributed by atoms with van der Waals surface area (Å²) < 4.78 is 0. The highest BCUT2D eigenvalue weighted by atomic mass is 16.2. The third kappa shape index (κ3) is 2.89. The molecule has 4 nitrogen and oxygen atoms in total. The minimum atomic E-state index is 0.105. The average Bonchev–Trinajstić information content (AvgIpc) is 2.60. The lowest BCUT2D eigenvalue weighted by molar-refractivity contribution is 0.209. The normalized spacial score (nSPS) is 18.7. The van der Waals surface area contributed by atoms with Crippen molar-refractivity contribution in [3.8, 4) is 0 Å². The molecule has 1 aromatic rings. The van der Waals surface area contributed by atoms with Gasteiger partial charge in [-0.05, 0) is 32.4 Å². The molecule has 0 saturated heterocycles. The van der Waals surface area contributed by atoms with E-state index in [-0.39, 0.29) is 6.03 Å². The zero-order valence-corrected chi connectivity index (χ0v) is 12.0. The van der Waals surface area contributed by atoms with Crippen molar-refractivity contribution in [1.29, 1.82) is 0 Å². The SMILES string of the molecule is CCN(CC)C(=O)N1CC(C)NCc2ccccc21. The number of para-hydroxylation sites is 1. The largest absolute Gasteiger partial charge is 0.325 e. The van der Waals surface area contributed by atoms with Gasteiger partial charge in [-0.15, -0.1) is 0 Å². The van der Waals surface area contributed by atoms with E-state index in [0.29, 0.717) is 12.6 Å². The van der Waals surface area contributed by atoms with Crippen LogP contribution in [0.1, 0.15) is 26.3 Å². The molecule has 0 bridgehead atoms. The number of amides is 2. The van der Waals surface area contributed by atoms with Crippen LogP contribution in [0.3, 0.4) is 0 Å². The van der Waals surface area contributed by atoms with Gasteiger partial charge in [-0.2, -0.15) is 0 Å². The first-order chi connectivity index (χ1) is 9.17. The number of nitrogens with zero attached hydrogens (tertiary/aromatic N) is 2. The Balaban J connectivity index is 2.34. The summed E-state index contributed by atoms with van der Waals surface area (Å²) in [4.78, 5) is 16.4. The molecule has 1 aromatic carbocycles. The van der Waals surface area contributed by atoms with Crippen LogP contribution in [0.25, 0.3) is 0 Å². The monoisotopic (exact) mass is 261 g/mol. The molecule has 1 aliphatic heterocycles. The molecule has 1 N–H and O–H groups in total. The lowest BCUT2D eigenvalue weighted by atomic mass is 10.1. The van der Waals surface area contributed by atoms with E-state index >= 15 is 0 Å². The van der Waals surface area contributed by atoms with Gasteiger partial charge < -0.3 is 10.2 Å². The highest BCUT2D eigenvalue weighted by Gasteiger charge is 2.26. The van der Waals surface area contributed by atoms with Crippen molar-refractivity contribution in [3.05, 3.63) is 29.8 Å². The predicted molar refractivity (Wildman–Crippen MR) is 78.4 cm³/mol. The molecular weight excluding hydrogens is 238 g/mol. The summed E-state index contributed by atoms with van der Waals surface area (Å²) in [6.07, 6.45) is 0. The number of anilines is 1. The second-order valence-electron chi connectivity index (χ2n) is 4.98.